The lowest BCUT2D eigenvalue weighted by atomic mass is 9.92. The van der Waals surface area contributed by atoms with Crippen LogP contribution >= 0.6 is 0 Å². The van der Waals surface area contributed by atoms with Crippen LogP contribution in [-0.4, -0.2) is 30.6 Å². The first kappa shape index (κ1) is 18.0. The molecule has 6 nitrogen and oxygen atoms in total. The van der Waals surface area contributed by atoms with E-state index < -0.39 is 0 Å². The first-order chi connectivity index (χ1) is 12.6. The summed E-state index contributed by atoms with van der Waals surface area (Å²) in [5.74, 6) is 0. The minimum Gasteiger partial charge on any atom is -0.158 e. The Balaban J connectivity index is 2.23. The van der Waals surface area contributed by atoms with Gasteiger partial charge in [-0.25, -0.2) is 0 Å². The molecule has 0 aliphatic rings. The fourth-order valence-electron chi connectivity index (χ4n) is 3.21. The second kappa shape index (κ2) is 8.08. The first-order valence-electron chi connectivity index (χ1n) is 9.11. The molecule has 0 unspecified atom stereocenters. The standard InChI is InChI=1S/C20H24N6/c1-5-7-17-18(8-6-2)20(16-10-14(4)24-22-12-16)26-25-19(17)15-9-13(3)23-21-11-15/h9-12H,5-8H2,1-4H3. The van der Waals surface area contributed by atoms with E-state index in [4.69, 9.17) is 0 Å². The van der Waals surface area contributed by atoms with Crippen LogP contribution in [0.3, 0.4) is 0 Å². The number of hydrogen-bond acceptors (Lipinski definition) is 6. The smallest absolute Gasteiger partial charge is 0.0981 e. The van der Waals surface area contributed by atoms with E-state index in [9.17, 15) is 0 Å². The van der Waals surface area contributed by atoms with Gasteiger partial charge in [0.05, 0.1) is 35.2 Å². The summed E-state index contributed by atoms with van der Waals surface area (Å²) in [6.07, 6.45) is 7.52. The van der Waals surface area contributed by atoms with Crippen LogP contribution in [0, 0.1) is 13.8 Å². The lowest BCUT2D eigenvalue weighted by Crippen LogP contribution is -2.07. The molecular weight excluding hydrogens is 324 g/mol. The first-order valence-corrected chi connectivity index (χ1v) is 9.11. The van der Waals surface area contributed by atoms with Crippen molar-refractivity contribution in [2.45, 2.75) is 53.4 Å². The van der Waals surface area contributed by atoms with Crippen LogP contribution < -0.4 is 0 Å². The molecule has 0 N–H and O–H groups in total. The van der Waals surface area contributed by atoms with Crippen LogP contribution in [0.1, 0.15) is 49.2 Å². The van der Waals surface area contributed by atoms with Gasteiger partial charge >= 0.3 is 0 Å². The second-order valence-electron chi connectivity index (χ2n) is 6.53. The number of hydrogen-bond donors (Lipinski definition) is 0. The van der Waals surface area contributed by atoms with Crippen molar-refractivity contribution in [3.63, 3.8) is 0 Å². The van der Waals surface area contributed by atoms with Crippen LogP contribution in [0.15, 0.2) is 24.5 Å². The largest absolute Gasteiger partial charge is 0.158 e. The Bertz CT molecular complexity index is 832. The molecule has 3 heterocycles. The van der Waals surface area contributed by atoms with Crippen LogP contribution in [-0.2, 0) is 12.8 Å². The molecule has 0 aliphatic carbocycles. The molecule has 3 rings (SSSR count). The van der Waals surface area contributed by atoms with Gasteiger partial charge in [-0.1, -0.05) is 26.7 Å². The molecule has 3 aromatic rings. The highest BCUT2D eigenvalue weighted by Gasteiger charge is 2.18. The summed E-state index contributed by atoms with van der Waals surface area (Å²) in [5.41, 5.74) is 8.03. The number of nitrogens with zero attached hydrogens (tertiary/aromatic N) is 6. The van der Waals surface area contributed by atoms with Crippen LogP contribution in [0.4, 0.5) is 0 Å². The molecule has 3 aromatic heterocycles. The Morgan fingerprint density at radius 2 is 1.08 bits per heavy atom. The molecule has 0 bridgehead atoms. The third kappa shape index (κ3) is 3.74. The molecule has 0 saturated heterocycles. The summed E-state index contributed by atoms with van der Waals surface area (Å²) in [6.45, 7) is 8.26. The van der Waals surface area contributed by atoms with Crippen molar-refractivity contribution >= 4 is 0 Å². The number of aromatic nitrogens is 6. The van der Waals surface area contributed by atoms with Crippen molar-refractivity contribution in [2.75, 3.05) is 0 Å². The lowest BCUT2D eigenvalue weighted by Gasteiger charge is -2.16. The van der Waals surface area contributed by atoms with Gasteiger partial charge in [0.1, 0.15) is 0 Å². The summed E-state index contributed by atoms with van der Waals surface area (Å²) >= 11 is 0. The minimum atomic E-state index is 0.877. The SMILES string of the molecule is CCCc1c(-c2cnnc(C)c2)nnc(-c2cnnc(C)c2)c1CCC. The van der Waals surface area contributed by atoms with E-state index in [1.165, 1.54) is 11.1 Å². The molecule has 0 radical (unpaired) electrons. The highest BCUT2D eigenvalue weighted by molar-refractivity contribution is 5.70. The van der Waals surface area contributed by atoms with E-state index >= 15 is 0 Å². The molecular formula is C20H24N6. The Kier molecular flexibility index (Phi) is 5.61. The highest BCUT2D eigenvalue weighted by Crippen LogP contribution is 2.31. The number of rotatable bonds is 6. The third-order valence-electron chi connectivity index (χ3n) is 4.29. The van der Waals surface area contributed by atoms with Crippen molar-refractivity contribution in [1.29, 1.82) is 0 Å². The zero-order valence-electron chi connectivity index (χ0n) is 15.8. The zero-order valence-corrected chi connectivity index (χ0v) is 15.8. The van der Waals surface area contributed by atoms with Gasteiger partial charge < -0.3 is 0 Å². The van der Waals surface area contributed by atoms with Crippen molar-refractivity contribution in [3.8, 4) is 22.5 Å². The minimum absolute atomic E-state index is 0.877. The predicted octanol–water partition coefficient (Wildman–Crippen LogP) is 3.91. The van der Waals surface area contributed by atoms with E-state index in [1.54, 1.807) is 12.4 Å². The van der Waals surface area contributed by atoms with Gasteiger partial charge in [-0.05, 0) is 49.9 Å². The van der Waals surface area contributed by atoms with Crippen molar-refractivity contribution in [1.82, 2.24) is 30.6 Å². The molecule has 0 atom stereocenters. The monoisotopic (exact) mass is 348 g/mol. The average molecular weight is 348 g/mol. The van der Waals surface area contributed by atoms with Gasteiger partial charge in [0.25, 0.3) is 0 Å². The van der Waals surface area contributed by atoms with Gasteiger partial charge in [-0.3, -0.25) is 0 Å². The fourth-order valence-corrected chi connectivity index (χ4v) is 3.21. The van der Waals surface area contributed by atoms with Crippen LogP contribution in [0.5, 0.6) is 0 Å². The van der Waals surface area contributed by atoms with Gasteiger partial charge in [-0.2, -0.15) is 20.4 Å². The maximum atomic E-state index is 4.59. The third-order valence-corrected chi connectivity index (χ3v) is 4.29. The topological polar surface area (TPSA) is 77.3 Å². The summed E-state index contributed by atoms with van der Waals surface area (Å²) in [5, 5.41) is 25.5. The van der Waals surface area contributed by atoms with Crippen LogP contribution in [0.25, 0.3) is 22.5 Å². The van der Waals surface area contributed by atoms with E-state index in [0.29, 0.717) is 0 Å². The van der Waals surface area contributed by atoms with Crippen molar-refractivity contribution in [2.24, 2.45) is 0 Å². The van der Waals surface area contributed by atoms with Gasteiger partial charge in [0.15, 0.2) is 0 Å². The molecule has 0 aromatic carbocycles. The molecule has 134 valence electrons. The summed E-state index contributed by atoms with van der Waals surface area (Å²) in [7, 11) is 0. The predicted molar refractivity (Wildman–Crippen MR) is 102 cm³/mol. The molecule has 0 saturated carbocycles. The Hall–Kier alpha value is -2.76. The van der Waals surface area contributed by atoms with E-state index in [-0.39, 0.29) is 0 Å². The average Bonchev–Trinajstić information content (AvgIpc) is 2.63. The maximum Gasteiger partial charge on any atom is 0.0981 e. The van der Waals surface area contributed by atoms with Crippen molar-refractivity contribution < 1.29 is 0 Å². The maximum absolute atomic E-state index is 4.59. The Morgan fingerprint density at radius 3 is 1.42 bits per heavy atom. The van der Waals surface area contributed by atoms with Gasteiger partial charge in [0.2, 0.25) is 0 Å². The van der Waals surface area contributed by atoms with Gasteiger partial charge in [-0.15, -0.1) is 10.2 Å². The fraction of sp³-hybridized carbons (Fsp3) is 0.400. The molecule has 26 heavy (non-hydrogen) atoms. The molecule has 0 amide bonds. The molecule has 0 aliphatic heterocycles. The lowest BCUT2D eigenvalue weighted by molar-refractivity contribution is 0.834. The van der Waals surface area contributed by atoms with E-state index in [1.807, 2.05) is 26.0 Å². The number of aryl methyl sites for hydroxylation is 2. The molecule has 0 spiro atoms. The van der Waals surface area contributed by atoms with Crippen LogP contribution in [0.2, 0.25) is 0 Å². The normalized spacial score (nSPS) is 10.9. The Morgan fingerprint density at radius 1 is 0.654 bits per heavy atom. The van der Waals surface area contributed by atoms with Gasteiger partial charge in [0, 0.05) is 11.1 Å². The molecule has 6 heteroatoms. The second-order valence-corrected chi connectivity index (χ2v) is 6.53. The highest BCUT2D eigenvalue weighted by atomic mass is 15.1. The zero-order chi connectivity index (χ0) is 18.5. The van der Waals surface area contributed by atoms with E-state index in [2.05, 4.69) is 44.4 Å². The summed E-state index contributed by atoms with van der Waals surface area (Å²) in [6, 6.07) is 4.04. The Labute approximate surface area is 154 Å². The van der Waals surface area contributed by atoms with Crippen molar-refractivity contribution in [3.05, 3.63) is 47.0 Å². The molecule has 0 fully saturated rings. The van der Waals surface area contributed by atoms with E-state index in [0.717, 1.165) is 59.6 Å². The summed E-state index contributed by atoms with van der Waals surface area (Å²) < 4.78 is 0. The quantitative estimate of drug-likeness (QED) is 0.672. The summed E-state index contributed by atoms with van der Waals surface area (Å²) in [4.78, 5) is 0.